The smallest absolute Gasteiger partial charge is 0.289 e. The number of aromatic amines is 1. The van der Waals surface area contributed by atoms with Crippen molar-refractivity contribution in [3.05, 3.63) is 83.3 Å². The van der Waals surface area contributed by atoms with Gasteiger partial charge in [-0.15, -0.1) is 0 Å². The van der Waals surface area contributed by atoms with E-state index in [1.54, 1.807) is 12.3 Å². The maximum Gasteiger partial charge on any atom is 0.289 e. The van der Waals surface area contributed by atoms with Crippen molar-refractivity contribution in [2.45, 2.75) is 27.7 Å². The lowest BCUT2D eigenvalue weighted by Gasteiger charge is -2.20. The molecule has 0 saturated heterocycles. The van der Waals surface area contributed by atoms with Crippen molar-refractivity contribution in [1.82, 2.24) is 25.4 Å². The van der Waals surface area contributed by atoms with E-state index in [0.29, 0.717) is 11.4 Å². The minimum Gasteiger partial charge on any atom is -0.372 e. The highest BCUT2D eigenvalue weighted by atomic mass is 16.2. The molecule has 0 saturated carbocycles. The lowest BCUT2D eigenvalue weighted by molar-refractivity contribution is 0.0950. The minimum atomic E-state index is -0.361. The lowest BCUT2D eigenvalue weighted by atomic mass is 10.1. The summed E-state index contributed by atoms with van der Waals surface area (Å²) in [5, 5.41) is 15.9. The van der Waals surface area contributed by atoms with Gasteiger partial charge in [0.05, 0.1) is 29.0 Å². The molecular weight excluding hydrogens is 426 g/mol. The van der Waals surface area contributed by atoms with Crippen molar-refractivity contribution in [1.29, 1.82) is 0 Å². The minimum absolute atomic E-state index is 0.329. The van der Waals surface area contributed by atoms with Gasteiger partial charge in [0, 0.05) is 24.3 Å². The first kappa shape index (κ1) is 23.0. The normalized spacial score (nSPS) is 11.2. The Morgan fingerprint density at radius 3 is 2.47 bits per heavy atom. The zero-order valence-corrected chi connectivity index (χ0v) is 19.9. The fourth-order valence-electron chi connectivity index (χ4n) is 3.99. The molecule has 8 nitrogen and oxygen atoms in total. The summed E-state index contributed by atoms with van der Waals surface area (Å²) in [5.74, 6) is -0.361. The summed E-state index contributed by atoms with van der Waals surface area (Å²) in [6, 6.07) is 19.7. The summed E-state index contributed by atoms with van der Waals surface area (Å²) in [5.41, 5.74) is 9.29. The van der Waals surface area contributed by atoms with Gasteiger partial charge in [-0.3, -0.25) is 9.89 Å². The average Bonchev–Trinajstić information content (AvgIpc) is 3.45. The van der Waals surface area contributed by atoms with Crippen LogP contribution in [-0.2, 0) is 0 Å². The third-order valence-electron chi connectivity index (χ3n) is 5.77. The molecule has 0 bridgehead atoms. The summed E-state index contributed by atoms with van der Waals surface area (Å²) >= 11 is 0. The van der Waals surface area contributed by atoms with E-state index in [1.165, 1.54) is 0 Å². The number of nitrogens with zero attached hydrogens (tertiary/aromatic N) is 5. The third kappa shape index (κ3) is 4.76. The molecule has 0 aliphatic rings. The van der Waals surface area contributed by atoms with Gasteiger partial charge in [-0.05, 0) is 63.6 Å². The van der Waals surface area contributed by atoms with E-state index in [2.05, 4.69) is 56.7 Å². The Kier molecular flexibility index (Phi) is 6.87. The number of carbonyl (C=O) groups is 1. The number of benzene rings is 2. The number of H-pyrrole nitrogens is 1. The Bertz CT molecular complexity index is 1280. The maximum atomic E-state index is 12.6. The highest BCUT2D eigenvalue weighted by Crippen LogP contribution is 2.27. The number of hydrogen-bond donors (Lipinski definition) is 2. The molecule has 2 heterocycles. The molecule has 34 heavy (non-hydrogen) atoms. The van der Waals surface area contributed by atoms with Crippen LogP contribution in [0.2, 0.25) is 0 Å². The third-order valence-corrected chi connectivity index (χ3v) is 5.77. The van der Waals surface area contributed by atoms with Gasteiger partial charge < -0.3 is 4.90 Å². The Hall–Kier alpha value is -4.20. The van der Waals surface area contributed by atoms with Crippen molar-refractivity contribution < 1.29 is 4.79 Å². The van der Waals surface area contributed by atoms with Crippen molar-refractivity contribution in [3.8, 4) is 16.9 Å². The second-order valence-corrected chi connectivity index (χ2v) is 7.92. The van der Waals surface area contributed by atoms with Gasteiger partial charge >= 0.3 is 0 Å². The molecule has 4 aromatic rings. The second kappa shape index (κ2) is 10.2. The van der Waals surface area contributed by atoms with Gasteiger partial charge in [0.15, 0.2) is 0 Å². The number of para-hydroxylation sites is 1. The van der Waals surface area contributed by atoms with Crippen LogP contribution in [0, 0.1) is 13.8 Å². The zero-order chi connectivity index (χ0) is 24.1. The number of carbonyl (C=O) groups excluding carboxylic acids is 1. The number of hydrazone groups is 1. The Balaban J connectivity index is 1.45. The number of hydrogen-bond acceptors (Lipinski definition) is 5. The molecule has 0 radical (unpaired) electrons. The number of aromatic nitrogens is 4. The molecule has 0 aliphatic carbocycles. The van der Waals surface area contributed by atoms with E-state index in [9.17, 15) is 4.79 Å². The van der Waals surface area contributed by atoms with E-state index in [4.69, 9.17) is 0 Å². The van der Waals surface area contributed by atoms with Crippen molar-refractivity contribution >= 4 is 17.8 Å². The molecule has 0 aliphatic heterocycles. The monoisotopic (exact) mass is 455 g/mol. The van der Waals surface area contributed by atoms with Crippen molar-refractivity contribution in [2.75, 3.05) is 18.0 Å². The SMILES string of the molecule is CCN(CC)c1ccc(C=NNC(=O)c2cc(-c3c(C)nn(-c4ccccc4)c3C)n[nH]2)cc1. The van der Waals surface area contributed by atoms with Crippen LogP contribution >= 0.6 is 0 Å². The van der Waals surface area contributed by atoms with Crippen LogP contribution in [0.25, 0.3) is 16.9 Å². The van der Waals surface area contributed by atoms with Crippen LogP contribution in [-0.4, -0.2) is 45.2 Å². The molecule has 2 aromatic carbocycles. The number of rotatable bonds is 8. The van der Waals surface area contributed by atoms with Gasteiger partial charge in [-0.25, -0.2) is 10.1 Å². The highest BCUT2D eigenvalue weighted by molar-refractivity contribution is 5.94. The van der Waals surface area contributed by atoms with E-state index in [0.717, 1.165) is 47.0 Å². The fourth-order valence-corrected chi connectivity index (χ4v) is 3.99. The molecule has 0 fully saturated rings. The quantitative estimate of drug-likeness (QED) is 0.303. The number of aryl methyl sites for hydroxylation is 1. The maximum absolute atomic E-state index is 12.6. The second-order valence-electron chi connectivity index (χ2n) is 7.92. The molecular formula is C26H29N7O. The predicted octanol–water partition coefficient (Wildman–Crippen LogP) is 4.49. The van der Waals surface area contributed by atoms with Crippen LogP contribution < -0.4 is 10.3 Å². The van der Waals surface area contributed by atoms with E-state index < -0.39 is 0 Å². The van der Waals surface area contributed by atoms with Crippen LogP contribution in [0.15, 0.2) is 65.8 Å². The summed E-state index contributed by atoms with van der Waals surface area (Å²) in [6.45, 7) is 10.1. The highest BCUT2D eigenvalue weighted by Gasteiger charge is 2.18. The first-order valence-corrected chi connectivity index (χ1v) is 11.4. The lowest BCUT2D eigenvalue weighted by Crippen LogP contribution is -2.21. The largest absolute Gasteiger partial charge is 0.372 e. The Labute approximate surface area is 199 Å². The van der Waals surface area contributed by atoms with E-state index in [1.807, 2.05) is 61.0 Å². The van der Waals surface area contributed by atoms with E-state index in [-0.39, 0.29) is 5.91 Å². The molecule has 1 amide bonds. The molecule has 0 spiro atoms. The van der Waals surface area contributed by atoms with Crippen LogP contribution in [0.1, 0.15) is 41.3 Å². The average molecular weight is 456 g/mol. The first-order valence-electron chi connectivity index (χ1n) is 11.4. The van der Waals surface area contributed by atoms with Crippen molar-refractivity contribution in [2.24, 2.45) is 5.10 Å². The number of amides is 1. The van der Waals surface area contributed by atoms with Crippen LogP contribution in [0.3, 0.4) is 0 Å². The van der Waals surface area contributed by atoms with Gasteiger partial charge in [0.1, 0.15) is 5.69 Å². The van der Waals surface area contributed by atoms with Gasteiger partial charge in [-0.1, -0.05) is 30.3 Å². The van der Waals surface area contributed by atoms with Crippen LogP contribution in [0.5, 0.6) is 0 Å². The van der Waals surface area contributed by atoms with Gasteiger partial charge in [0.2, 0.25) is 0 Å². The standard InChI is InChI=1S/C26H29N7O/c1-5-32(6-2)21-14-12-20(13-15-21)17-27-30-26(34)24-16-23(28-29-24)25-18(3)31-33(19(25)4)22-10-8-7-9-11-22/h7-17H,5-6H2,1-4H3,(H,28,29)(H,30,34). The molecule has 174 valence electrons. The zero-order valence-electron chi connectivity index (χ0n) is 19.9. The summed E-state index contributed by atoms with van der Waals surface area (Å²) in [7, 11) is 0. The van der Waals surface area contributed by atoms with Crippen LogP contribution in [0.4, 0.5) is 5.69 Å². The summed E-state index contributed by atoms with van der Waals surface area (Å²) in [4.78, 5) is 14.8. The predicted molar refractivity (Wildman–Crippen MR) is 136 cm³/mol. The Morgan fingerprint density at radius 1 is 1.09 bits per heavy atom. The van der Waals surface area contributed by atoms with Gasteiger partial charge in [-0.2, -0.15) is 15.3 Å². The van der Waals surface area contributed by atoms with Crippen molar-refractivity contribution in [3.63, 3.8) is 0 Å². The summed E-state index contributed by atoms with van der Waals surface area (Å²) in [6.07, 6.45) is 1.62. The molecule has 4 rings (SSSR count). The molecule has 8 heteroatoms. The van der Waals surface area contributed by atoms with Gasteiger partial charge in [0.25, 0.3) is 5.91 Å². The fraction of sp³-hybridized carbons (Fsp3) is 0.231. The molecule has 0 unspecified atom stereocenters. The molecule has 2 aromatic heterocycles. The Morgan fingerprint density at radius 2 is 1.79 bits per heavy atom. The molecule has 0 atom stereocenters. The number of anilines is 1. The number of nitrogens with one attached hydrogen (secondary N) is 2. The summed E-state index contributed by atoms with van der Waals surface area (Å²) < 4.78 is 1.88. The van der Waals surface area contributed by atoms with E-state index >= 15 is 0 Å². The topological polar surface area (TPSA) is 91.2 Å². The molecule has 2 N–H and O–H groups in total. The first-order chi connectivity index (χ1) is 16.5.